The molecule has 0 radical (unpaired) electrons. The fraction of sp³-hybridized carbons (Fsp3) is 0.273. The van der Waals surface area contributed by atoms with Crippen molar-refractivity contribution in [2.24, 2.45) is 0 Å². The highest BCUT2D eigenvalue weighted by molar-refractivity contribution is 6.30. The van der Waals surface area contributed by atoms with E-state index < -0.39 is 23.8 Å². The monoisotopic (exact) mass is 410 g/mol. The molecule has 2 aromatic rings. The molecule has 1 fully saturated rings. The highest BCUT2D eigenvalue weighted by atomic mass is 16.5. The molecule has 156 valence electrons. The number of carbonyl (C=O) groups is 4. The minimum Gasteiger partial charge on any atom is -0.459 e. The van der Waals surface area contributed by atoms with Crippen LogP contribution in [0.25, 0.3) is 17.4 Å². The van der Waals surface area contributed by atoms with E-state index in [9.17, 15) is 19.2 Å². The first kappa shape index (κ1) is 21.0. The molecule has 0 N–H and O–H groups in total. The lowest BCUT2D eigenvalue weighted by Crippen LogP contribution is -2.52. The normalized spacial score (nSPS) is 14.6. The Balaban J connectivity index is 1.89. The van der Waals surface area contributed by atoms with E-state index in [1.807, 2.05) is 6.92 Å². The molecule has 0 unspecified atom stereocenters. The van der Waals surface area contributed by atoms with E-state index in [2.05, 4.69) is 0 Å². The number of urea groups is 1. The smallest absolute Gasteiger partial charge is 0.338 e. The second kappa shape index (κ2) is 7.98. The minimum absolute atomic E-state index is 0.163. The molecule has 0 spiro atoms. The molecule has 1 aliphatic heterocycles. The molecule has 0 bridgehead atoms. The standard InChI is InChI=1S/C22H22N2O6/c1-12(2)29-21(27)14-6-8-16(13(3)10-14)18-9-7-15(30-18)11-17-19(25)23(4)22(28)24(5)20(17)26/h6-12H,1-5H3. The van der Waals surface area contributed by atoms with Crippen LogP contribution in [0.1, 0.15) is 35.5 Å². The quantitative estimate of drug-likeness (QED) is 0.436. The van der Waals surface area contributed by atoms with Gasteiger partial charge in [0.25, 0.3) is 11.8 Å². The second-order valence-electron chi connectivity index (χ2n) is 7.25. The van der Waals surface area contributed by atoms with Gasteiger partial charge in [-0.2, -0.15) is 0 Å². The van der Waals surface area contributed by atoms with Crippen LogP contribution in [0.3, 0.4) is 0 Å². The fourth-order valence-corrected chi connectivity index (χ4v) is 3.04. The van der Waals surface area contributed by atoms with Crippen LogP contribution >= 0.6 is 0 Å². The van der Waals surface area contributed by atoms with E-state index >= 15 is 0 Å². The van der Waals surface area contributed by atoms with Gasteiger partial charge in [0, 0.05) is 19.7 Å². The summed E-state index contributed by atoms with van der Waals surface area (Å²) in [7, 11) is 2.62. The maximum atomic E-state index is 12.3. The summed E-state index contributed by atoms with van der Waals surface area (Å²) in [6, 6.07) is 7.76. The number of carbonyl (C=O) groups excluding carboxylic acids is 4. The molecule has 1 aromatic heterocycles. The number of aryl methyl sites for hydroxylation is 1. The molecule has 1 saturated heterocycles. The third kappa shape index (κ3) is 3.89. The van der Waals surface area contributed by atoms with Gasteiger partial charge in [0.1, 0.15) is 17.1 Å². The molecule has 30 heavy (non-hydrogen) atoms. The van der Waals surface area contributed by atoms with Crippen molar-refractivity contribution in [1.82, 2.24) is 9.80 Å². The topological polar surface area (TPSA) is 97.1 Å². The van der Waals surface area contributed by atoms with Gasteiger partial charge in [0.15, 0.2) is 0 Å². The molecule has 1 aromatic carbocycles. The Bertz CT molecular complexity index is 1050. The van der Waals surface area contributed by atoms with Crippen molar-refractivity contribution < 1.29 is 28.3 Å². The van der Waals surface area contributed by atoms with Gasteiger partial charge in [0.05, 0.1) is 11.7 Å². The van der Waals surface area contributed by atoms with Gasteiger partial charge in [-0.3, -0.25) is 19.4 Å². The Morgan fingerprint density at radius 2 is 1.67 bits per heavy atom. The van der Waals surface area contributed by atoms with Crippen LogP contribution < -0.4 is 0 Å². The van der Waals surface area contributed by atoms with Crippen molar-refractivity contribution in [3.8, 4) is 11.3 Å². The number of barbiturate groups is 1. The van der Waals surface area contributed by atoms with Crippen LogP contribution in [0, 0.1) is 6.92 Å². The summed E-state index contributed by atoms with van der Waals surface area (Å²) in [6.45, 7) is 5.41. The largest absolute Gasteiger partial charge is 0.459 e. The van der Waals surface area contributed by atoms with Gasteiger partial charge in [-0.15, -0.1) is 0 Å². The van der Waals surface area contributed by atoms with Crippen molar-refractivity contribution >= 4 is 29.9 Å². The zero-order valence-electron chi connectivity index (χ0n) is 17.4. The first-order valence-electron chi connectivity index (χ1n) is 9.33. The summed E-state index contributed by atoms with van der Waals surface area (Å²) in [6.07, 6.45) is 1.11. The van der Waals surface area contributed by atoms with Gasteiger partial charge in [-0.1, -0.05) is 6.07 Å². The molecule has 8 heteroatoms. The molecule has 4 amide bonds. The summed E-state index contributed by atoms with van der Waals surface area (Å²) < 4.78 is 11.0. The van der Waals surface area contributed by atoms with Crippen LogP contribution in [0.15, 0.2) is 40.3 Å². The van der Waals surface area contributed by atoms with Crippen LogP contribution in [0.2, 0.25) is 0 Å². The van der Waals surface area contributed by atoms with Gasteiger partial charge in [0.2, 0.25) is 0 Å². The molecule has 3 rings (SSSR count). The molecule has 0 atom stereocenters. The number of esters is 1. The molecular formula is C22H22N2O6. The lowest BCUT2D eigenvalue weighted by Gasteiger charge is -2.28. The van der Waals surface area contributed by atoms with E-state index in [1.165, 1.54) is 20.2 Å². The van der Waals surface area contributed by atoms with Crippen molar-refractivity contribution in [3.05, 3.63) is 52.8 Å². The molecule has 0 saturated carbocycles. The lowest BCUT2D eigenvalue weighted by molar-refractivity contribution is -0.134. The average molecular weight is 410 g/mol. The SMILES string of the molecule is Cc1cc(C(=O)OC(C)C)ccc1-c1ccc(C=C2C(=O)N(C)C(=O)N(C)C2=O)o1. The van der Waals surface area contributed by atoms with Crippen LogP contribution in [0.4, 0.5) is 4.79 Å². The van der Waals surface area contributed by atoms with Crippen molar-refractivity contribution in [1.29, 1.82) is 0 Å². The van der Waals surface area contributed by atoms with E-state index in [4.69, 9.17) is 9.15 Å². The van der Waals surface area contributed by atoms with Crippen LogP contribution in [0.5, 0.6) is 0 Å². The van der Waals surface area contributed by atoms with E-state index in [0.717, 1.165) is 20.9 Å². The Morgan fingerprint density at radius 3 is 2.23 bits per heavy atom. The number of imide groups is 2. The Hall–Kier alpha value is -3.68. The number of hydrogen-bond acceptors (Lipinski definition) is 6. The van der Waals surface area contributed by atoms with Crippen LogP contribution in [-0.4, -0.2) is 53.8 Å². The Morgan fingerprint density at radius 1 is 1.03 bits per heavy atom. The number of hydrogen-bond donors (Lipinski definition) is 0. The predicted octanol–water partition coefficient (Wildman–Crippen LogP) is 3.25. The van der Waals surface area contributed by atoms with Gasteiger partial charge in [-0.25, -0.2) is 9.59 Å². The summed E-state index contributed by atoms with van der Waals surface area (Å²) in [5.41, 5.74) is 1.83. The zero-order chi connectivity index (χ0) is 22.2. The molecule has 1 aliphatic rings. The number of amides is 4. The highest BCUT2D eigenvalue weighted by Gasteiger charge is 2.38. The number of benzene rings is 1. The molecule has 2 heterocycles. The molecule has 0 aliphatic carbocycles. The second-order valence-corrected chi connectivity index (χ2v) is 7.25. The number of rotatable bonds is 4. The van der Waals surface area contributed by atoms with Gasteiger partial charge in [-0.05, 0) is 56.7 Å². The van der Waals surface area contributed by atoms with Crippen molar-refractivity contribution in [2.75, 3.05) is 14.1 Å². The van der Waals surface area contributed by atoms with E-state index in [1.54, 1.807) is 44.2 Å². The summed E-state index contributed by atoms with van der Waals surface area (Å²) in [5, 5.41) is 0. The van der Waals surface area contributed by atoms with E-state index in [-0.39, 0.29) is 11.7 Å². The van der Waals surface area contributed by atoms with Crippen molar-refractivity contribution in [3.63, 3.8) is 0 Å². The average Bonchev–Trinajstić information content (AvgIpc) is 3.16. The maximum Gasteiger partial charge on any atom is 0.338 e. The first-order valence-corrected chi connectivity index (χ1v) is 9.33. The van der Waals surface area contributed by atoms with E-state index in [0.29, 0.717) is 17.1 Å². The predicted molar refractivity (Wildman–Crippen MR) is 108 cm³/mol. The summed E-state index contributed by atoms with van der Waals surface area (Å²) in [5.74, 6) is -0.978. The number of nitrogens with zero attached hydrogens (tertiary/aromatic N) is 2. The maximum absolute atomic E-state index is 12.3. The number of ether oxygens (including phenoxy) is 1. The minimum atomic E-state index is -0.690. The lowest BCUT2D eigenvalue weighted by atomic mass is 10.0. The highest BCUT2D eigenvalue weighted by Crippen LogP contribution is 2.28. The number of furan rings is 1. The first-order chi connectivity index (χ1) is 14.1. The Labute approximate surface area is 173 Å². The summed E-state index contributed by atoms with van der Waals surface area (Å²) >= 11 is 0. The van der Waals surface area contributed by atoms with Crippen molar-refractivity contribution in [2.45, 2.75) is 26.9 Å². The summed E-state index contributed by atoms with van der Waals surface area (Å²) in [4.78, 5) is 50.3. The Kier molecular flexibility index (Phi) is 5.60. The molecule has 8 nitrogen and oxygen atoms in total. The third-order valence-corrected chi connectivity index (χ3v) is 4.63. The number of likely N-dealkylation sites (N-methyl/N-ethyl adjacent to an activating group) is 2. The fourth-order valence-electron chi connectivity index (χ4n) is 3.04. The molecular weight excluding hydrogens is 388 g/mol. The van der Waals surface area contributed by atoms with Gasteiger partial charge < -0.3 is 9.15 Å². The zero-order valence-corrected chi connectivity index (χ0v) is 17.4. The van der Waals surface area contributed by atoms with Crippen LogP contribution in [-0.2, 0) is 14.3 Å². The third-order valence-electron chi connectivity index (χ3n) is 4.63. The van der Waals surface area contributed by atoms with Gasteiger partial charge >= 0.3 is 12.0 Å².